The Labute approximate surface area is 101 Å². The molecule has 0 aromatic carbocycles. The van der Waals surface area contributed by atoms with Gasteiger partial charge in [-0.1, -0.05) is 0 Å². The van der Waals surface area contributed by atoms with Crippen molar-refractivity contribution in [3.8, 4) is 0 Å². The minimum atomic E-state index is -0.541. The third kappa shape index (κ3) is 2.23. The van der Waals surface area contributed by atoms with Crippen LogP contribution >= 0.6 is 0 Å². The van der Waals surface area contributed by atoms with Crippen LogP contribution in [0.1, 0.15) is 40.0 Å². The van der Waals surface area contributed by atoms with Gasteiger partial charge in [-0.2, -0.15) is 0 Å². The maximum atomic E-state index is 12.1. The summed E-state index contributed by atoms with van der Waals surface area (Å²) in [5, 5.41) is 0. The van der Waals surface area contributed by atoms with E-state index in [-0.39, 0.29) is 12.0 Å². The average molecular weight is 240 g/mol. The minimum absolute atomic E-state index is 0.132. The summed E-state index contributed by atoms with van der Waals surface area (Å²) in [5.41, 5.74) is 4.85. The third-order valence-corrected chi connectivity index (χ3v) is 3.48. The number of carbonyl (C=O) groups excluding carboxylic acids is 2. The molecule has 0 aromatic heterocycles. The van der Waals surface area contributed by atoms with Crippen LogP contribution < -0.4 is 5.73 Å². The molecular weight excluding hydrogens is 220 g/mol. The van der Waals surface area contributed by atoms with Gasteiger partial charge in [-0.3, -0.25) is 9.69 Å². The van der Waals surface area contributed by atoms with Crippen molar-refractivity contribution >= 4 is 12.0 Å². The van der Waals surface area contributed by atoms with E-state index < -0.39 is 23.6 Å². The second kappa shape index (κ2) is 3.89. The van der Waals surface area contributed by atoms with Crippen LogP contribution in [0.2, 0.25) is 0 Å². The zero-order valence-electron chi connectivity index (χ0n) is 10.6. The molecule has 0 aromatic rings. The van der Waals surface area contributed by atoms with Gasteiger partial charge < -0.3 is 10.5 Å². The van der Waals surface area contributed by atoms with Gasteiger partial charge in [0.2, 0.25) is 5.91 Å². The number of piperidine rings is 1. The summed E-state index contributed by atoms with van der Waals surface area (Å²) in [6, 6.07) is -0.337. The van der Waals surface area contributed by atoms with Crippen molar-refractivity contribution in [2.24, 2.45) is 11.7 Å². The van der Waals surface area contributed by atoms with Crippen LogP contribution in [0.3, 0.4) is 0 Å². The van der Waals surface area contributed by atoms with E-state index in [1.54, 1.807) is 4.90 Å². The Kier molecular flexibility index (Phi) is 2.79. The zero-order valence-corrected chi connectivity index (χ0v) is 10.6. The first kappa shape index (κ1) is 12.2. The summed E-state index contributed by atoms with van der Waals surface area (Å²) in [5.74, 6) is -0.187. The van der Waals surface area contributed by atoms with Crippen LogP contribution in [-0.2, 0) is 9.53 Å². The second-order valence-electron chi connectivity index (χ2n) is 5.96. The van der Waals surface area contributed by atoms with Crippen molar-refractivity contribution in [2.75, 3.05) is 0 Å². The lowest BCUT2D eigenvalue weighted by Gasteiger charge is -2.34. The van der Waals surface area contributed by atoms with E-state index in [1.807, 2.05) is 20.8 Å². The first-order valence-electron chi connectivity index (χ1n) is 6.10. The Balaban J connectivity index is 2.14. The molecule has 2 bridgehead atoms. The highest BCUT2D eigenvalue weighted by atomic mass is 16.6. The van der Waals surface area contributed by atoms with Crippen LogP contribution in [0.15, 0.2) is 0 Å². The first-order chi connectivity index (χ1) is 7.79. The first-order valence-corrected chi connectivity index (χ1v) is 6.10. The van der Waals surface area contributed by atoms with Crippen molar-refractivity contribution < 1.29 is 14.3 Å². The highest BCUT2D eigenvalue weighted by Gasteiger charge is 2.51. The molecule has 1 aliphatic carbocycles. The maximum Gasteiger partial charge on any atom is 0.411 e. The van der Waals surface area contributed by atoms with Gasteiger partial charge in [0.1, 0.15) is 11.6 Å². The largest absolute Gasteiger partial charge is 0.444 e. The van der Waals surface area contributed by atoms with Crippen molar-refractivity contribution in [1.82, 2.24) is 4.90 Å². The van der Waals surface area contributed by atoms with Gasteiger partial charge in [-0.05, 0) is 46.0 Å². The SMILES string of the molecule is CC(C)(C)OC(=O)N1[C@@H]2CC[C@@H](C2)[C@@H]1C(N)=O. The van der Waals surface area contributed by atoms with Crippen molar-refractivity contribution in [2.45, 2.75) is 57.7 Å². The van der Waals surface area contributed by atoms with E-state index in [1.165, 1.54) is 0 Å². The summed E-state index contributed by atoms with van der Waals surface area (Å²) < 4.78 is 5.33. The van der Waals surface area contributed by atoms with Crippen molar-refractivity contribution in [3.63, 3.8) is 0 Å². The van der Waals surface area contributed by atoms with Crippen molar-refractivity contribution in [3.05, 3.63) is 0 Å². The molecule has 2 aliphatic rings. The summed E-state index contributed by atoms with van der Waals surface area (Å²) in [4.78, 5) is 25.1. The van der Waals surface area contributed by atoms with Crippen molar-refractivity contribution in [1.29, 1.82) is 0 Å². The van der Waals surface area contributed by atoms with Gasteiger partial charge in [0.15, 0.2) is 0 Å². The van der Waals surface area contributed by atoms with Gasteiger partial charge in [-0.15, -0.1) is 0 Å². The molecule has 96 valence electrons. The van der Waals surface area contributed by atoms with E-state index in [0.717, 1.165) is 19.3 Å². The predicted octanol–water partition coefficient (Wildman–Crippen LogP) is 1.26. The molecule has 1 aliphatic heterocycles. The quantitative estimate of drug-likeness (QED) is 0.750. The van der Waals surface area contributed by atoms with Gasteiger partial charge in [0, 0.05) is 6.04 Å². The second-order valence-corrected chi connectivity index (χ2v) is 5.96. The molecule has 1 saturated carbocycles. The number of amides is 2. The standard InChI is InChI=1S/C12H20N2O3/c1-12(2,3)17-11(16)14-8-5-4-7(6-8)9(14)10(13)15/h7-9H,4-6H2,1-3H3,(H2,13,15)/t7-,8+,9+/m0/s1. The summed E-state index contributed by atoms with van der Waals surface area (Å²) in [6.45, 7) is 5.45. The number of nitrogens with two attached hydrogens (primary N) is 1. The molecule has 0 unspecified atom stereocenters. The topological polar surface area (TPSA) is 72.6 Å². The molecular formula is C12H20N2O3. The molecule has 3 atom stereocenters. The number of likely N-dealkylation sites (tertiary alicyclic amines) is 1. The molecule has 1 saturated heterocycles. The van der Waals surface area contributed by atoms with E-state index in [0.29, 0.717) is 0 Å². The fourth-order valence-corrected chi connectivity index (χ4v) is 2.93. The number of rotatable bonds is 1. The molecule has 5 heteroatoms. The Morgan fingerprint density at radius 1 is 1.29 bits per heavy atom. The fourth-order valence-electron chi connectivity index (χ4n) is 2.93. The molecule has 17 heavy (non-hydrogen) atoms. The summed E-state index contributed by atoms with van der Waals surface area (Å²) in [7, 11) is 0. The molecule has 0 radical (unpaired) electrons. The van der Waals surface area contributed by atoms with Crippen LogP contribution in [0.4, 0.5) is 4.79 Å². The lowest BCUT2D eigenvalue weighted by molar-refractivity contribution is -0.124. The maximum absolute atomic E-state index is 12.1. The summed E-state index contributed by atoms with van der Waals surface area (Å²) >= 11 is 0. The van der Waals surface area contributed by atoms with Crippen LogP contribution in [0.5, 0.6) is 0 Å². The molecule has 5 nitrogen and oxygen atoms in total. The number of fused-ring (bicyclic) bond motifs is 2. The smallest absolute Gasteiger partial charge is 0.411 e. The molecule has 2 rings (SSSR count). The van der Waals surface area contributed by atoms with Gasteiger partial charge in [0.05, 0.1) is 0 Å². The number of hydrogen-bond donors (Lipinski definition) is 1. The van der Waals surface area contributed by atoms with Gasteiger partial charge in [-0.25, -0.2) is 4.79 Å². The van der Waals surface area contributed by atoms with Gasteiger partial charge in [0.25, 0.3) is 0 Å². The number of hydrogen-bond acceptors (Lipinski definition) is 3. The molecule has 0 spiro atoms. The van der Waals surface area contributed by atoms with Crippen LogP contribution in [0, 0.1) is 5.92 Å². The van der Waals surface area contributed by atoms with E-state index in [2.05, 4.69) is 0 Å². The molecule has 1 heterocycles. The Hall–Kier alpha value is -1.26. The van der Waals surface area contributed by atoms with E-state index in [9.17, 15) is 9.59 Å². The Morgan fingerprint density at radius 3 is 2.47 bits per heavy atom. The molecule has 2 amide bonds. The van der Waals surface area contributed by atoms with Crippen LogP contribution in [-0.4, -0.2) is 34.6 Å². The lowest BCUT2D eigenvalue weighted by Crippen LogP contribution is -2.52. The number of nitrogens with zero attached hydrogens (tertiary/aromatic N) is 1. The minimum Gasteiger partial charge on any atom is -0.444 e. The summed E-state index contributed by atoms with van der Waals surface area (Å²) in [6.07, 6.45) is 2.41. The average Bonchev–Trinajstić information content (AvgIpc) is 2.72. The normalized spacial score (nSPS) is 31.7. The number of primary amides is 1. The fraction of sp³-hybridized carbons (Fsp3) is 0.833. The number of ether oxygens (including phenoxy) is 1. The van der Waals surface area contributed by atoms with Gasteiger partial charge >= 0.3 is 6.09 Å². The Bertz CT molecular complexity index is 348. The van der Waals surface area contributed by atoms with E-state index >= 15 is 0 Å². The third-order valence-electron chi connectivity index (χ3n) is 3.48. The highest BCUT2D eigenvalue weighted by molar-refractivity contribution is 5.86. The molecule has 2 fully saturated rings. The monoisotopic (exact) mass is 240 g/mol. The Morgan fingerprint density at radius 2 is 1.94 bits per heavy atom. The lowest BCUT2D eigenvalue weighted by atomic mass is 9.98. The zero-order chi connectivity index (χ0) is 12.8. The molecule has 2 N–H and O–H groups in total. The number of carbonyl (C=O) groups is 2. The van der Waals surface area contributed by atoms with E-state index in [4.69, 9.17) is 10.5 Å². The highest BCUT2D eigenvalue weighted by Crippen LogP contribution is 2.42. The predicted molar refractivity (Wildman–Crippen MR) is 62.2 cm³/mol. The van der Waals surface area contributed by atoms with Crippen LogP contribution in [0.25, 0.3) is 0 Å².